The molecule has 0 saturated carbocycles. The number of aryl methyl sites for hydroxylation is 3. The molecule has 144 valence electrons. The van der Waals surface area contributed by atoms with Crippen molar-refractivity contribution in [1.82, 2.24) is 14.5 Å². The molecule has 1 atom stereocenters. The first-order chi connectivity index (χ1) is 12.8. The predicted octanol–water partition coefficient (Wildman–Crippen LogP) is 4.20. The second-order valence-electron chi connectivity index (χ2n) is 6.81. The zero-order chi connectivity index (χ0) is 19.7. The van der Waals surface area contributed by atoms with Crippen LogP contribution in [0.15, 0.2) is 12.4 Å². The molecule has 3 heterocycles. The summed E-state index contributed by atoms with van der Waals surface area (Å²) in [5, 5.41) is 0.895. The van der Waals surface area contributed by atoms with Crippen LogP contribution < -0.4 is 4.74 Å². The molecule has 0 bridgehead atoms. The van der Waals surface area contributed by atoms with E-state index in [1.54, 1.807) is 18.4 Å². The molecular weight excluding hydrogens is 362 g/mol. The highest BCUT2D eigenvalue weighted by Crippen LogP contribution is 2.33. The number of Topliss-reactive ketones (excluding diaryl/α,β-unsaturated/α-hetero) is 1. The number of hydrogen-bond donors (Lipinski definition) is 0. The van der Waals surface area contributed by atoms with Crippen molar-refractivity contribution >= 4 is 27.3 Å². The number of carbonyl (C=O) groups is 1. The Kier molecular flexibility index (Phi) is 5.62. The fraction of sp³-hybridized carbons (Fsp3) is 0.450. The van der Waals surface area contributed by atoms with Crippen LogP contribution in [0.1, 0.15) is 45.2 Å². The van der Waals surface area contributed by atoms with Gasteiger partial charge in [0.2, 0.25) is 11.7 Å². The zero-order valence-corrected chi connectivity index (χ0v) is 17.4. The van der Waals surface area contributed by atoms with Crippen molar-refractivity contribution in [2.24, 2.45) is 0 Å². The van der Waals surface area contributed by atoms with Crippen LogP contribution in [0.2, 0.25) is 0 Å². The molecule has 3 rings (SSSR count). The summed E-state index contributed by atoms with van der Waals surface area (Å²) in [6, 6.07) is 2.08. The van der Waals surface area contributed by atoms with E-state index < -0.39 is 0 Å². The lowest BCUT2D eigenvalue weighted by molar-refractivity contribution is 0.0918. The lowest BCUT2D eigenvalue weighted by Crippen LogP contribution is -2.16. The molecule has 0 saturated heterocycles. The Bertz CT molecular complexity index is 990. The van der Waals surface area contributed by atoms with Crippen LogP contribution >= 0.6 is 11.3 Å². The summed E-state index contributed by atoms with van der Waals surface area (Å²) in [5.41, 5.74) is 3.75. The molecule has 0 amide bonds. The summed E-state index contributed by atoms with van der Waals surface area (Å²) in [7, 11) is 1.68. The van der Waals surface area contributed by atoms with Gasteiger partial charge < -0.3 is 14.0 Å². The van der Waals surface area contributed by atoms with Gasteiger partial charge in [0.05, 0.1) is 18.0 Å². The van der Waals surface area contributed by atoms with Gasteiger partial charge in [0.15, 0.2) is 6.61 Å². The molecule has 0 aliphatic carbocycles. The predicted molar refractivity (Wildman–Crippen MR) is 107 cm³/mol. The van der Waals surface area contributed by atoms with Crippen LogP contribution in [0.25, 0.3) is 10.2 Å². The molecule has 6 nitrogen and oxygen atoms in total. The molecule has 0 fully saturated rings. The third-order valence-corrected chi connectivity index (χ3v) is 6.02. The van der Waals surface area contributed by atoms with E-state index in [-0.39, 0.29) is 18.4 Å². The van der Waals surface area contributed by atoms with Crippen molar-refractivity contribution in [3.05, 3.63) is 39.8 Å². The van der Waals surface area contributed by atoms with Gasteiger partial charge in [-0.3, -0.25) is 4.79 Å². The summed E-state index contributed by atoms with van der Waals surface area (Å²) in [4.78, 5) is 23.4. The number of ketones is 1. The highest BCUT2D eigenvalue weighted by atomic mass is 32.1. The standard InChI is InChI=1S/C20H25N3O3S/c1-11-7-16(14(4)23(11)12(2)8-25-6)17(24)9-26-19-18-13(3)15(5)27-20(18)22-10-21-19/h7,10,12H,8-9H2,1-6H3. The Morgan fingerprint density at radius 3 is 2.70 bits per heavy atom. The summed E-state index contributed by atoms with van der Waals surface area (Å²) < 4.78 is 13.2. The molecule has 0 N–H and O–H groups in total. The minimum absolute atomic E-state index is 0.0522. The molecule has 0 radical (unpaired) electrons. The van der Waals surface area contributed by atoms with Gasteiger partial charge in [-0.2, -0.15) is 0 Å². The van der Waals surface area contributed by atoms with E-state index in [0.717, 1.165) is 27.2 Å². The van der Waals surface area contributed by atoms with E-state index in [2.05, 4.69) is 21.5 Å². The maximum absolute atomic E-state index is 12.8. The SMILES string of the molecule is COCC(C)n1c(C)cc(C(=O)COc2ncnc3sc(C)c(C)c23)c1C. The maximum Gasteiger partial charge on any atom is 0.226 e. The fourth-order valence-corrected chi connectivity index (χ4v) is 4.51. The molecule has 0 spiro atoms. The first-order valence-corrected chi connectivity index (χ1v) is 9.70. The second-order valence-corrected chi connectivity index (χ2v) is 8.02. The van der Waals surface area contributed by atoms with Crippen LogP contribution in [0.4, 0.5) is 0 Å². The van der Waals surface area contributed by atoms with Crippen molar-refractivity contribution in [2.75, 3.05) is 20.3 Å². The number of rotatable bonds is 7. The molecule has 7 heteroatoms. The first-order valence-electron chi connectivity index (χ1n) is 8.89. The van der Waals surface area contributed by atoms with Crippen molar-refractivity contribution in [3.63, 3.8) is 0 Å². The van der Waals surface area contributed by atoms with Crippen LogP contribution in [0.5, 0.6) is 5.88 Å². The molecule has 1 unspecified atom stereocenters. The largest absolute Gasteiger partial charge is 0.469 e. The van der Waals surface area contributed by atoms with Gasteiger partial charge in [0.1, 0.15) is 11.2 Å². The van der Waals surface area contributed by atoms with Gasteiger partial charge in [-0.15, -0.1) is 11.3 Å². The van der Waals surface area contributed by atoms with Crippen molar-refractivity contribution < 1.29 is 14.3 Å². The lowest BCUT2D eigenvalue weighted by Gasteiger charge is -2.17. The topological polar surface area (TPSA) is 66.2 Å². The van der Waals surface area contributed by atoms with E-state index in [4.69, 9.17) is 9.47 Å². The van der Waals surface area contributed by atoms with E-state index >= 15 is 0 Å². The normalized spacial score (nSPS) is 12.5. The molecule has 3 aromatic heterocycles. The van der Waals surface area contributed by atoms with Crippen molar-refractivity contribution in [2.45, 2.75) is 40.7 Å². The summed E-state index contributed by atoms with van der Waals surface area (Å²) in [5.74, 6) is 0.409. The Balaban J connectivity index is 1.82. The minimum atomic E-state index is -0.0599. The third kappa shape index (κ3) is 3.61. The molecule has 0 aliphatic heterocycles. The highest BCUT2D eigenvalue weighted by molar-refractivity contribution is 7.18. The Morgan fingerprint density at radius 2 is 2.00 bits per heavy atom. The Hall–Kier alpha value is -2.25. The molecular formula is C20H25N3O3S. The van der Waals surface area contributed by atoms with E-state index in [9.17, 15) is 4.79 Å². The van der Waals surface area contributed by atoms with E-state index in [1.807, 2.05) is 33.8 Å². The number of fused-ring (bicyclic) bond motifs is 1. The fourth-order valence-electron chi connectivity index (χ4n) is 3.52. The quantitative estimate of drug-likeness (QED) is 0.569. The third-order valence-electron chi connectivity index (χ3n) is 4.90. The Labute approximate surface area is 163 Å². The van der Waals surface area contributed by atoms with Crippen molar-refractivity contribution in [3.8, 4) is 5.88 Å². The minimum Gasteiger partial charge on any atom is -0.469 e. The van der Waals surface area contributed by atoms with Gasteiger partial charge in [-0.05, 0) is 46.2 Å². The lowest BCUT2D eigenvalue weighted by atomic mass is 10.1. The molecule has 0 aliphatic rings. The zero-order valence-electron chi connectivity index (χ0n) is 16.6. The Morgan fingerprint density at radius 1 is 1.26 bits per heavy atom. The van der Waals surface area contributed by atoms with Gasteiger partial charge in [0, 0.05) is 28.9 Å². The summed E-state index contributed by atoms with van der Waals surface area (Å²) in [6.07, 6.45) is 1.48. The summed E-state index contributed by atoms with van der Waals surface area (Å²) in [6.45, 7) is 10.7. The first kappa shape index (κ1) is 19.5. The number of thiophene rings is 1. The van der Waals surface area contributed by atoms with E-state index in [0.29, 0.717) is 18.1 Å². The number of nitrogens with zero attached hydrogens (tertiary/aromatic N) is 3. The van der Waals surface area contributed by atoms with Crippen molar-refractivity contribution in [1.29, 1.82) is 0 Å². The second kappa shape index (κ2) is 7.78. The van der Waals surface area contributed by atoms with Gasteiger partial charge in [-0.1, -0.05) is 0 Å². The molecule has 3 aromatic rings. The monoisotopic (exact) mass is 387 g/mol. The van der Waals surface area contributed by atoms with Gasteiger partial charge >= 0.3 is 0 Å². The average Bonchev–Trinajstić information content (AvgIpc) is 3.09. The number of carbonyl (C=O) groups excluding carboxylic acids is 1. The highest BCUT2D eigenvalue weighted by Gasteiger charge is 2.20. The maximum atomic E-state index is 12.8. The molecule has 27 heavy (non-hydrogen) atoms. The van der Waals surface area contributed by atoms with E-state index in [1.165, 1.54) is 11.2 Å². The van der Waals surface area contributed by atoms with Crippen LogP contribution in [0.3, 0.4) is 0 Å². The van der Waals surface area contributed by atoms with Crippen LogP contribution in [-0.2, 0) is 4.74 Å². The summed E-state index contributed by atoms with van der Waals surface area (Å²) >= 11 is 1.61. The van der Waals surface area contributed by atoms with Crippen LogP contribution in [0, 0.1) is 27.7 Å². The number of hydrogen-bond acceptors (Lipinski definition) is 6. The van der Waals surface area contributed by atoms with Gasteiger partial charge in [0.25, 0.3) is 0 Å². The number of aromatic nitrogens is 3. The number of methoxy groups -OCH3 is 1. The average molecular weight is 388 g/mol. The van der Waals surface area contributed by atoms with Gasteiger partial charge in [-0.25, -0.2) is 9.97 Å². The molecule has 0 aromatic carbocycles. The number of ether oxygens (including phenoxy) is 2. The van der Waals surface area contributed by atoms with Crippen LogP contribution in [-0.4, -0.2) is 40.6 Å². The smallest absolute Gasteiger partial charge is 0.226 e.